The van der Waals surface area contributed by atoms with Gasteiger partial charge in [0.15, 0.2) is 0 Å². The highest BCUT2D eigenvalue weighted by molar-refractivity contribution is 5.68. The van der Waals surface area contributed by atoms with Crippen LogP contribution in [0.15, 0.2) is 36.9 Å². The first-order chi connectivity index (χ1) is 9.08. The van der Waals surface area contributed by atoms with Gasteiger partial charge in [0.2, 0.25) is 0 Å². The molecule has 0 aliphatic carbocycles. The molecule has 0 aliphatic heterocycles. The molecule has 0 saturated carbocycles. The summed E-state index contributed by atoms with van der Waals surface area (Å²) >= 11 is 0. The van der Waals surface area contributed by atoms with E-state index in [0.29, 0.717) is 11.1 Å². The number of carboxylic acids is 1. The second-order valence-electron chi connectivity index (χ2n) is 4.37. The molecule has 4 nitrogen and oxygen atoms in total. The van der Waals surface area contributed by atoms with Crippen molar-refractivity contribution in [3.63, 3.8) is 0 Å². The molecule has 1 aromatic carbocycles. The average molecular weight is 260 g/mol. The third-order valence-corrected chi connectivity index (χ3v) is 2.91. The summed E-state index contributed by atoms with van der Waals surface area (Å²) in [6, 6.07) is 4.61. The van der Waals surface area contributed by atoms with Gasteiger partial charge in [0, 0.05) is 23.5 Å². The fourth-order valence-electron chi connectivity index (χ4n) is 1.89. The SMILES string of the molecule is CC(CC(=O)O)c1ccc(F)c(-c2cncnc2)c1. The molecule has 0 fully saturated rings. The Morgan fingerprint density at radius 3 is 2.68 bits per heavy atom. The van der Waals surface area contributed by atoms with Crippen LogP contribution in [-0.2, 0) is 4.79 Å². The van der Waals surface area contributed by atoms with Gasteiger partial charge in [-0.05, 0) is 23.6 Å². The molecule has 0 radical (unpaired) electrons. The van der Waals surface area contributed by atoms with E-state index in [9.17, 15) is 9.18 Å². The summed E-state index contributed by atoms with van der Waals surface area (Å²) in [7, 11) is 0. The largest absolute Gasteiger partial charge is 0.481 e. The van der Waals surface area contributed by atoms with Gasteiger partial charge in [0.1, 0.15) is 12.1 Å². The summed E-state index contributed by atoms with van der Waals surface area (Å²) < 4.78 is 13.8. The molecule has 1 heterocycles. The van der Waals surface area contributed by atoms with Crippen molar-refractivity contribution in [1.82, 2.24) is 9.97 Å². The zero-order valence-corrected chi connectivity index (χ0v) is 10.4. The summed E-state index contributed by atoms with van der Waals surface area (Å²) in [6.45, 7) is 1.80. The van der Waals surface area contributed by atoms with Gasteiger partial charge in [-0.3, -0.25) is 4.79 Å². The molecule has 1 N–H and O–H groups in total. The molecule has 1 atom stereocenters. The topological polar surface area (TPSA) is 63.1 Å². The van der Waals surface area contributed by atoms with E-state index in [1.54, 1.807) is 19.1 Å². The zero-order valence-electron chi connectivity index (χ0n) is 10.4. The Kier molecular flexibility index (Phi) is 3.85. The highest BCUT2D eigenvalue weighted by Crippen LogP contribution is 2.27. The highest BCUT2D eigenvalue weighted by Gasteiger charge is 2.13. The normalized spacial score (nSPS) is 12.1. The van der Waals surface area contributed by atoms with Crippen LogP contribution in [0, 0.1) is 5.82 Å². The smallest absolute Gasteiger partial charge is 0.303 e. The van der Waals surface area contributed by atoms with E-state index in [-0.39, 0.29) is 18.2 Å². The van der Waals surface area contributed by atoms with Crippen LogP contribution in [0.5, 0.6) is 0 Å². The van der Waals surface area contributed by atoms with E-state index in [4.69, 9.17) is 5.11 Å². The molecule has 0 spiro atoms. The lowest BCUT2D eigenvalue weighted by Crippen LogP contribution is -2.03. The van der Waals surface area contributed by atoms with Crippen molar-refractivity contribution >= 4 is 5.97 Å². The number of hydrogen-bond donors (Lipinski definition) is 1. The van der Waals surface area contributed by atoms with E-state index in [1.165, 1.54) is 24.8 Å². The Labute approximate surface area is 110 Å². The minimum atomic E-state index is -0.874. The number of nitrogens with zero attached hydrogens (tertiary/aromatic N) is 2. The van der Waals surface area contributed by atoms with E-state index >= 15 is 0 Å². The predicted molar refractivity (Wildman–Crippen MR) is 68.1 cm³/mol. The summed E-state index contributed by atoms with van der Waals surface area (Å²) in [5, 5.41) is 8.79. The lowest BCUT2D eigenvalue weighted by Gasteiger charge is -2.11. The summed E-state index contributed by atoms with van der Waals surface area (Å²) in [6.07, 6.45) is 4.43. The van der Waals surface area contributed by atoms with Crippen LogP contribution in [0.25, 0.3) is 11.1 Å². The number of hydrogen-bond acceptors (Lipinski definition) is 3. The van der Waals surface area contributed by atoms with Crippen LogP contribution in [0.4, 0.5) is 4.39 Å². The molecule has 98 valence electrons. The minimum Gasteiger partial charge on any atom is -0.481 e. The van der Waals surface area contributed by atoms with Crippen molar-refractivity contribution in [2.24, 2.45) is 0 Å². The molecule has 0 saturated heterocycles. The Hall–Kier alpha value is -2.30. The van der Waals surface area contributed by atoms with Gasteiger partial charge in [-0.2, -0.15) is 0 Å². The molecule has 2 aromatic rings. The van der Waals surface area contributed by atoms with Crippen LogP contribution in [0.2, 0.25) is 0 Å². The molecule has 0 aliphatic rings. The van der Waals surface area contributed by atoms with Gasteiger partial charge in [-0.1, -0.05) is 13.0 Å². The van der Waals surface area contributed by atoms with E-state index in [1.807, 2.05) is 0 Å². The average Bonchev–Trinajstić information content (AvgIpc) is 2.39. The van der Waals surface area contributed by atoms with Gasteiger partial charge >= 0.3 is 5.97 Å². The number of aromatic nitrogens is 2. The quantitative estimate of drug-likeness (QED) is 0.918. The van der Waals surface area contributed by atoms with Crippen molar-refractivity contribution in [2.75, 3.05) is 0 Å². The van der Waals surface area contributed by atoms with Crippen molar-refractivity contribution in [2.45, 2.75) is 19.3 Å². The van der Waals surface area contributed by atoms with Gasteiger partial charge < -0.3 is 5.11 Å². The predicted octanol–water partition coefficient (Wildman–Crippen LogP) is 2.86. The Balaban J connectivity index is 2.38. The zero-order chi connectivity index (χ0) is 13.8. The van der Waals surface area contributed by atoms with Crippen LogP contribution < -0.4 is 0 Å². The molecule has 1 unspecified atom stereocenters. The third-order valence-electron chi connectivity index (χ3n) is 2.91. The maximum atomic E-state index is 13.8. The maximum Gasteiger partial charge on any atom is 0.303 e. The number of carboxylic acid groups (broad SMARTS) is 1. The molecular formula is C14H13FN2O2. The monoisotopic (exact) mass is 260 g/mol. The highest BCUT2D eigenvalue weighted by atomic mass is 19.1. The van der Waals surface area contributed by atoms with Crippen LogP contribution in [0.3, 0.4) is 0 Å². The first-order valence-corrected chi connectivity index (χ1v) is 5.84. The molecule has 5 heteroatoms. The standard InChI is InChI=1S/C14H13FN2O2/c1-9(4-14(18)19)10-2-3-13(15)12(5-10)11-6-16-8-17-7-11/h2-3,5-9H,4H2,1H3,(H,18,19). The first-order valence-electron chi connectivity index (χ1n) is 5.84. The van der Waals surface area contributed by atoms with Crippen molar-refractivity contribution in [3.8, 4) is 11.1 Å². The Morgan fingerprint density at radius 1 is 1.37 bits per heavy atom. The lowest BCUT2D eigenvalue weighted by molar-refractivity contribution is -0.137. The van der Waals surface area contributed by atoms with Crippen LogP contribution >= 0.6 is 0 Å². The summed E-state index contributed by atoms with van der Waals surface area (Å²) in [5.41, 5.74) is 1.74. The van der Waals surface area contributed by atoms with E-state index < -0.39 is 5.97 Å². The minimum absolute atomic E-state index is 0.0103. The number of rotatable bonds is 4. The van der Waals surface area contributed by atoms with Gasteiger partial charge in [0.25, 0.3) is 0 Å². The van der Waals surface area contributed by atoms with Gasteiger partial charge in [-0.15, -0.1) is 0 Å². The molecule has 0 bridgehead atoms. The van der Waals surface area contributed by atoms with Gasteiger partial charge in [0.05, 0.1) is 6.42 Å². The number of carbonyl (C=O) groups is 1. The van der Waals surface area contributed by atoms with Crippen LogP contribution in [-0.4, -0.2) is 21.0 Å². The second-order valence-corrected chi connectivity index (χ2v) is 4.37. The van der Waals surface area contributed by atoms with Gasteiger partial charge in [-0.25, -0.2) is 14.4 Å². The summed E-state index contributed by atoms with van der Waals surface area (Å²) in [4.78, 5) is 18.4. The van der Waals surface area contributed by atoms with E-state index in [0.717, 1.165) is 5.56 Å². The molecular weight excluding hydrogens is 247 g/mol. The fourth-order valence-corrected chi connectivity index (χ4v) is 1.89. The van der Waals surface area contributed by atoms with E-state index in [2.05, 4.69) is 9.97 Å². The third kappa shape index (κ3) is 3.13. The lowest BCUT2D eigenvalue weighted by atomic mass is 9.94. The van der Waals surface area contributed by atoms with Crippen molar-refractivity contribution < 1.29 is 14.3 Å². The first kappa shape index (κ1) is 13.1. The molecule has 1 aromatic heterocycles. The fraction of sp³-hybridized carbons (Fsp3) is 0.214. The number of halogens is 1. The molecule has 0 amide bonds. The number of benzene rings is 1. The molecule has 19 heavy (non-hydrogen) atoms. The summed E-state index contributed by atoms with van der Waals surface area (Å²) in [5.74, 6) is -1.43. The second kappa shape index (κ2) is 5.56. The molecule has 2 rings (SSSR count). The number of aliphatic carboxylic acids is 1. The van der Waals surface area contributed by atoms with Crippen molar-refractivity contribution in [1.29, 1.82) is 0 Å². The Bertz CT molecular complexity index is 587. The maximum absolute atomic E-state index is 13.8. The Morgan fingerprint density at radius 2 is 2.05 bits per heavy atom. The van der Waals surface area contributed by atoms with Crippen molar-refractivity contribution in [3.05, 3.63) is 48.3 Å². The van der Waals surface area contributed by atoms with Crippen LogP contribution in [0.1, 0.15) is 24.8 Å².